The van der Waals surface area contributed by atoms with Gasteiger partial charge < -0.3 is 0 Å². The normalized spacial score (nSPS) is 30.4. The van der Waals surface area contributed by atoms with Crippen LogP contribution in [-0.2, 0) is 21.8 Å². The fourth-order valence-corrected chi connectivity index (χ4v) is 7.62. The van der Waals surface area contributed by atoms with Crippen LogP contribution in [0.3, 0.4) is 0 Å². The maximum atomic E-state index is 2.70. The maximum Gasteiger partial charge on any atom is 0.213 e. The number of hydrogen-bond donors (Lipinski definition) is 0. The van der Waals surface area contributed by atoms with Crippen molar-refractivity contribution in [2.45, 2.75) is 121 Å². The van der Waals surface area contributed by atoms with Crippen LogP contribution in [0.2, 0.25) is 0 Å². The lowest BCUT2D eigenvalue weighted by atomic mass is 9.54. The summed E-state index contributed by atoms with van der Waals surface area (Å²) in [4.78, 5) is 0. The minimum Gasteiger partial charge on any atom is -0.192 e. The average molecular weight is 417 g/mol. The second-order valence-corrected chi connectivity index (χ2v) is 11.9. The van der Waals surface area contributed by atoms with Crippen molar-refractivity contribution in [2.75, 3.05) is 0 Å². The van der Waals surface area contributed by atoms with Gasteiger partial charge in [0.05, 0.1) is 11.0 Å². The van der Waals surface area contributed by atoms with Gasteiger partial charge in [0.25, 0.3) is 0 Å². The van der Waals surface area contributed by atoms with Crippen LogP contribution in [0.1, 0.15) is 116 Å². The number of nitrogens with zero attached hydrogens (tertiary/aromatic N) is 1. The number of rotatable bonds is 2. The van der Waals surface area contributed by atoms with Crippen molar-refractivity contribution < 1.29 is 4.57 Å². The van der Waals surface area contributed by atoms with Crippen LogP contribution < -0.4 is 4.57 Å². The van der Waals surface area contributed by atoms with Crippen molar-refractivity contribution in [3.63, 3.8) is 0 Å². The monoisotopic (exact) mass is 416 g/mol. The van der Waals surface area contributed by atoms with E-state index in [1.54, 1.807) is 16.7 Å². The molecule has 0 radical (unpaired) electrons. The molecule has 2 aromatic rings. The standard InChI is InChI=1S/C30H42N/c1-7-28(5)23-21-24-25(30(15-11-9-12-16-30)18-17-27(24,3)4)20-22(23)26-14-10-13-19-31(26)29(28,6)8-2/h10,13-14,19-21H,7-9,11-12,15-18H2,1-6H3/q+1. The van der Waals surface area contributed by atoms with E-state index in [1.807, 2.05) is 0 Å². The van der Waals surface area contributed by atoms with Crippen molar-refractivity contribution in [1.82, 2.24) is 0 Å². The van der Waals surface area contributed by atoms with E-state index in [2.05, 4.69) is 82.6 Å². The van der Waals surface area contributed by atoms with E-state index in [4.69, 9.17) is 0 Å². The molecule has 1 aliphatic heterocycles. The third-order valence-corrected chi connectivity index (χ3v) is 10.3. The molecule has 0 amide bonds. The molecule has 31 heavy (non-hydrogen) atoms. The molecule has 1 saturated carbocycles. The van der Waals surface area contributed by atoms with E-state index in [0.717, 1.165) is 12.8 Å². The fraction of sp³-hybridized carbons (Fsp3) is 0.633. The largest absolute Gasteiger partial charge is 0.213 e. The van der Waals surface area contributed by atoms with Crippen molar-refractivity contribution in [3.05, 3.63) is 53.2 Å². The Morgan fingerprint density at radius 1 is 0.774 bits per heavy atom. The van der Waals surface area contributed by atoms with E-state index in [1.165, 1.54) is 56.2 Å². The molecule has 2 atom stereocenters. The summed E-state index contributed by atoms with van der Waals surface area (Å²) in [5.74, 6) is 0. The molecule has 1 fully saturated rings. The lowest BCUT2D eigenvalue weighted by Gasteiger charge is -2.51. The van der Waals surface area contributed by atoms with Gasteiger partial charge in [-0.15, -0.1) is 0 Å². The first-order chi connectivity index (χ1) is 14.7. The third-order valence-electron chi connectivity index (χ3n) is 10.3. The first kappa shape index (κ1) is 21.2. The molecule has 3 aliphatic rings. The van der Waals surface area contributed by atoms with Gasteiger partial charge in [-0.1, -0.05) is 53.0 Å². The highest BCUT2D eigenvalue weighted by Gasteiger charge is 2.57. The summed E-state index contributed by atoms with van der Waals surface area (Å²) < 4.78 is 2.62. The number of hydrogen-bond acceptors (Lipinski definition) is 0. The van der Waals surface area contributed by atoms with Crippen molar-refractivity contribution >= 4 is 0 Å². The molecule has 5 rings (SSSR count). The lowest BCUT2D eigenvalue weighted by Crippen LogP contribution is -2.67. The number of pyridine rings is 1. The zero-order chi connectivity index (χ0) is 22.1. The Hall–Kier alpha value is -1.63. The van der Waals surface area contributed by atoms with Crippen LogP contribution in [0.5, 0.6) is 0 Å². The van der Waals surface area contributed by atoms with E-state index in [-0.39, 0.29) is 16.4 Å². The van der Waals surface area contributed by atoms with Crippen LogP contribution in [0.15, 0.2) is 36.5 Å². The van der Waals surface area contributed by atoms with Crippen LogP contribution in [0.4, 0.5) is 0 Å². The van der Waals surface area contributed by atoms with Crippen molar-refractivity contribution in [2.24, 2.45) is 0 Å². The number of fused-ring (bicyclic) bond motifs is 5. The summed E-state index contributed by atoms with van der Waals surface area (Å²) in [5, 5.41) is 0. The quantitative estimate of drug-likeness (QED) is 0.441. The van der Waals surface area contributed by atoms with Crippen LogP contribution in [-0.4, -0.2) is 0 Å². The van der Waals surface area contributed by atoms with Gasteiger partial charge in [0.15, 0.2) is 11.7 Å². The fourth-order valence-electron chi connectivity index (χ4n) is 7.62. The van der Waals surface area contributed by atoms with Gasteiger partial charge in [-0.25, -0.2) is 0 Å². The van der Waals surface area contributed by atoms with Crippen LogP contribution >= 0.6 is 0 Å². The molecule has 166 valence electrons. The molecule has 0 bridgehead atoms. The first-order valence-electron chi connectivity index (χ1n) is 12.9. The average Bonchev–Trinajstić information content (AvgIpc) is 2.80. The third kappa shape index (κ3) is 2.71. The molecule has 2 aliphatic carbocycles. The first-order valence-corrected chi connectivity index (χ1v) is 12.9. The lowest BCUT2D eigenvalue weighted by molar-refractivity contribution is -0.765. The maximum absolute atomic E-state index is 2.70. The zero-order valence-electron chi connectivity index (χ0n) is 20.8. The zero-order valence-corrected chi connectivity index (χ0v) is 20.8. The molecule has 1 aromatic carbocycles. The number of benzene rings is 1. The van der Waals surface area contributed by atoms with Gasteiger partial charge in [-0.05, 0) is 78.7 Å². The minimum absolute atomic E-state index is 0.0842. The molecule has 1 aromatic heterocycles. The Balaban J connectivity index is 1.85. The number of aromatic nitrogens is 1. The molecule has 0 N–H and O–H groups in total. The highest BCUT2D eigenvalue weighted by Crippen LogP contribution is 2.57. The Labute approximate surface area is 190 Å². The van der Waals surface area contributed by atoms with Crippen LogP contribution in [0.25, 0.3) is 11.3 Å². The Morgan fingerprint density at radius 2 is 1.52 bits per heavy atom. The second-order valence-electron chi connectivity index (χ2n) is 11.9. The smallest absolute Gasteiger partial charge is 0.192 e. The SMILES string of the molecule is CCC1(C)c2cc3c(cc2-c2cccc[n+]2C1(C)CC)C1(CCCCC1)CCC3(C)C. The molecular weight excluding hydrogens is 374 g/mol. The van der Waals surface area contributed by atoms with E-state index in [9.17, 15) is 0 Å². The molecular formula is C30H42N+. The van der Waals surface area contributed by atoms with Gasteiger partial charge in [0.2, 0.25) is 5.69 Å². The Morgan fingerprint density at radius 3 is 2.19 bits per heavy atom. The molecule has 1 spiro atoms. The van der Waals surface area contributed by atoms with Gasteiger partial charge in [-0.2, -0.15) is 4.57 Å². The predicted molar refractivity (Wildman–Crippen MR) is 131 cm³/mol. The molecule has 0 saturated heterocycles. The highest BCUT2D eigenvalue weighted by atomic mass is 15.1. The van der Waals surface area contributed by atoms with E-state index in [0.29, 0.717) is 5.41 Å². The molecule has 1 heteroatoms. The van der Waals surface area contributed by atoms with Gasteiger partial charge in [0.1, 0.15) is 0 Å². The Kier molecular flexibility index (Phi) is 4.75. The van der Waals surface area contributed by atoms with Gasteiger partial charge in [-0.3, -0.25) is 0 Å². The summed E-state index contributed by atoms with van der Waals surface area (Å²) in [7, 11) is 0. The van der Waals surface area contributed by atoms with E-state index < -0.39 is 0 Å². The minimum atomic E-state index is 0.0842. The Bertz CT molecular complexity index is 1010. The molecule has 2 unspecified atom stereocenters. The highest BCUT2D eigenvalue weighted by molar-refractivity contribution is 5.69. The van der Waals surface area contributed by atoms with E-state index >= 15 is 0 Å². The second kappa shape index (κ2) is 6.93. The molecule has 2 heterocycles. The summed E-state index contributed by atoms with van der Waals surface area (Å²) in [5.41, 5.74) is 8.81. The van der Waals surface area contributed by atoms with Crippen molar-refractivity contribution in [3.8, 4) is 11.3 Å². The van der Waals surface area contributed by atoms with Crippen LogP contribution in [0, 0.1) is 0 Å². The predicted octanol–water partition coefficient (Wildman–Crippen LogP) is 7.72. The van der Waals surface area contributed by atoms with Crippen molar-refractivity contribution in [1.29, 1.82) is 0 Å². The topological polar surface area (TPSA) is 3.88 Å². The summed E-state index contributed by atoms with van der Waals surface area (Å²) in [6, 6.07) is 12.2. The van der Waals surface area contributed by atoms with Gasteiger partial charge in [0, 0.05) is 25.5 Å². The summed E-state index contributed by atoms with van der Waals surface area (Å²) in [6.07, 6.45) is 14.4. The van der Waals surface area contributed by atoms with Gasteiger partial charge >= 0.3 is 0 Å². The molecule has 1 nitrogen and oxygen atoms in total. The summed E-state index contributed by atoms with van der Waals surface area (Å²) in [6.45, 7) is 14.8. The summed E-state index contributed by atoms with van der Waals surface area (Å²) >= 11 is 0.